The van der Waals surface area contributed by atoms with Crippen LogP contribution in [0.5, 0.6) is 0 Å². The van der Waals surface area contributed by atoms with Crippen molar-refractivity contribution in [2.75, 3.05) is 6.61 Å². The number of hydrogen-bond donors (Lipinski definition) is 2. The number of hydrogen-bond acceptors (Lipinski definition) is 4. The molecular formula is C4H11K2O5P. The van der Waals surface area contributed by atoms with Crippen molar-refractivity contribution in [1.29, 1.82) is 0 Å². The zero-order valence-corrected chi connectivity index (χ0v) is 14.8. The second-order valence-corrected chi connectivity index (χ2v) is 2.48. The summed E-state index contributed by atoms with van der Waals surface area (Å²) < 4.78 is 8.66. The van der Waals surface area contributed by atoms with E-state index >= 15 is 0 Å². The van der Waals surface area contributed by atoms with Gasteiger partial charge in [-0.2, -0.15) is 0 Å². The van der Waals surface area contributed by atoms with E-state index < -0.39 is 7.82 Å². The first kappa shape index (κ1) is 24.5. The molecule has 0 atom stereocenters. The van der Waals surface area contributed by atoms with Crippen LogP contribution in [0.3, 0.4) is 0 Å². The number of phosphoric acid groups is 1. The molecule has 0 aromatic carbocycles. The number of rotatable bonds is 2. The second-order valence-electron chi connectivity index (χ2n) is 1.55. The predicted molar refractivity (Wildman–Crippen MR) is 31.8 cm³/mol. The molecule has 2 N–H and O–H groups in total. The molecule has 0 heterocycles. The standard InChI is InChI=1S/C4H10O.2K.H3O4P/c1-2-3-4-5;;;1-5(2,3)4/h5H,2-4H2,1H3;;;(H3,1,2,3,4)/q;2*+1;/p-2. The third-order valence-electron chi connectivity index (χ3n) is 0.512. The van der Waals surface area contributed by atoms with Gasteiger partial charge in [-0.15, -0.1) is 0 Å². The van der Waals surface area contributed by atoms with Crippen LogP contribution in [0, 0.1) is 0 Å². The quantitative estimate of drug-likeness (QED) is 0.373. The fourth-order valence-electron chi connectivity index (χ4n) is 0.158. The Morgan fingerprint density at radius 3 is 1.58 bits per heavy atom. The molecule has 0 spiro atoms. The van der Waals surface area contributed by atoms with Crippen LogP contribution in [-0.4, -0.2) is 16.6 Å². The molecule has 0 unspecified atom stereocenters. The van der Waals surface area contributed by atoms with Crippen molar-refractivity contribution in [3.63, 3.8) is 0 Å². The molecule has 0 amide bonds. The van der Waals surface area contributed by atoms with E-state index in [0.29, 0.717) is 6.61 Å². The molecule has 0 saturated heterocycles. The third-order valence-corrected chi connectivity index (χ3v) is 0.512. The van der Waals surface area contributed by atoms with E-state index in [4.69, 9.17) is 24.4 Å². The molecule has 12 heavy (non-hydrogen) atoms. The molecule has 0 aliphatic heterocycles. The van der Waals surface area contributed by atoms with E-state index in [9.17, 15) is 0 Å². The first-order valence-electron chi connectivity index (χ1n) is 2.77. The van der Waals surface area contributed by atoms with Gasteiger partial charge in [-0.05, 0) is 6.42 Å². The molecule has 0 radical (unpaired) electrons. The SMILES string of the molecule is CCCCO.O=P([O-])([O-])O.[K+].[K+]. The van der Waals surface area contributed by atoms with Gasteiger partial charge in [0.15, 0.2) is 0 Å². The van der Waals surface area contributed by atoms with Gasteiger partial charge in [0.1, 0.15) is 0 Å². The molecule has 0 rings (SSSR count). The van der Waals surface area contributed by atoms with E-state index in [2.05, 4.69) is 6.92 Å². The summed E-state index contributed by atoms with van der Waals surface area (Å²) in [5, 5.41) is 8.07. The van der Waals surface area contributed by atoms with Crippen molar-refractivity contribution < 1.29 is 127 Å². The molecule has 8 heteroatoms. The molecule has 0 saturated carbocycles. The molecular weight excluding hydrogens is 237 g/mol. The summed E-state index contributed by atoms with van der Waals surface area (Å²) in [6, 6.07) is 0. The number of aliphatic hydroxyl groups is 1. The zero-order chi connectivity index (χ0) is 8.62. The molecule has 0 aromatic heterocycles. The summed E-state index contributed by atoms with van der Waals surface area (Å²) in [5.74, 6) is 0. The normalized spacial score (nSPS) is 8.42. The Hall–Kier alpha value is 3.34. The average Bonchev–Trinajstić information content (AvgIpc) is 1.63. The van der Waals surface area contributed by atoms with Crippen LogP contribution < -0.4 is 113 Å². The summed E-state index contributed by atoms with van der Waals surface area (Å²) in [5.41, 5.74) is 0. The van der Waals surface area contributed by atoms with Gasteiger partial charge in [-0.3, -0.25) is 0 Å². The monoisotopic (exact) mass is 248 g/mol. The van der Waals surface area contributed by atoms with Crippen LogP contribution >= 0.6 is 7.82 Å². The Labute approximate surface area is 157 Å². The Balaban J connectivity index is -0.0000000457. The summed E-state index contributed by atoms with van der Waals surface area (Å²) in [7, 11) is -5.14. The van der Waals surface area contributed by atoms with Gasteiger partial charge in [-0.25, -0.2) is 0 Å². The molecule has 0 aliphatic rings. The summed E-state index contributed by atoms with van der Waals surface area (Å²) in [6.45, 7) is 2.40. The maximum Gasteiger partial charge on any atom is 1.00 e. The topological polar surface area (TPSA) is 104 Å². The minimum absolute atomic E-state index is 0. The second kappa shape index (κ2) is 16.8. The van der Waals surface area contributed by atoms with Gasteiger partial charge in [-0.1, -0.05) is 13.3 Å². The van der Waals surface area contributed by atoms with Crippen molar-refractivity contribution in [3.8, 4) is 0 Å². The van der Waals surface area contributed by atoms with Crippen LogP contribution in [0.15, 0.2) is 0 Å². The van der Waals surface area contributed by atoms with Gasteiger partial charge in [0.2, 0.25) is 0 Å². The van der Waals surface area contributed by atoms with Crippen molar-refractivity contribution in [3.05, 3.63) is 0 Å². The largest absolute Gasteiger partial charge is 1.00 e. The van der Waals surface area contributed by atoms with Gasteiger partial charge in [0.25, 0.3) is 0 Å². The Morgan fingerprint density at radius 1 is 1.33 bits per heavy atom. The first-order chi connectivity index (χ1) is 4.41. The summed E-state index contributed by atoms with van der Waals surface area (Å²) in [4.78, 5) is 24.3. The van der Waals surface area contributed by atoms with Crippen molar-refractivity contribution in [2.45, 2.75) is 19.8 Å². The third kappa shape index (κ3) is 71.2. The van der Waals surface area contributed by atoms with Crippen LogP contribution in [0.4, 0.5) is 0 Å². The Morgan fingerprint density at radius 2 is 1.58 bits per heavy atom. The van der Waals surface area contributed by atoms with Gasteiger partial charge >= 0.3 is 103 Å². The van der Waals surface area contributed by atoms with Gasteiger partial charge in [0.05, 0.1) is 7.82 Å². The van der Waals surface area contributed by atoms with Crippen LogP contribution in [0.1, 0.15) is 19.8 Å². The molecule has 64 valence electrons. The van der Waals surface area contributed by atoms with E-state index in [0.717, 1.165) is 12.8 Å². The first-order valence-corrected chi connectivity index (χ1v) is 4.27. The maximum atomic E-state index is 8.66. The van der Waals surface area contributed by atoms with Crippen LogP contribution in [0.2, 0.25) is 0 Å². The minimum atomic E-state index is -5.14. The van der Waals surface area contributed by atoms with Gasteiger partial charge < -0.3 is 24.4 Å². The van der Waals surface area contributed by atoms with E-state index in [1.807, 2.05) is 0 Å². The smallest absolute Gasteiger partial charge is 0.790 e. The molecule has 0 aromatic rings. The Bertz CT molecular complexity index is 95.4. The zero-order valence-electron chi connectivity index (χ0n) is 7.69. The van der Waals surface area contributed by atoms with Crippen molar-refractivity contribution in [2.24, 2.45) is 0 Å². The van der Waals surface area contributed by atoms with E-state index in [1.54, 1.807) is 0 Å². The Kier molecular flexibility index (Phi) is 34.3. The number of aliphatic hydroxyl groups excluding tert-OH is 1. The van der Waals surface area contributed by atoms with E-state index in [-0.39, 0.29) is 103 Å². The van der Waals surface area contributed by atoms with Gasteiger partial charge in [0, 0.05) is 6.61 Å². The predicted octanol–water partition coefficient (Wildman–Crippen LogP) is -7.41. The van der Waals surface area contributed by atoms with Crippen molar-refractivity contribution in [1.82, 2.24) is 0 Å². The molecule has 5 nitrogen and oxygen atoms in total. The van der Waals surface area contributed by atoms with Crippen LogP contribution in [0.25, 0.3) is 0 Å². The van der Waals surface area contributed by atoms with Crippen LogP contribution in [-0.2, 0) is 4.57 Å². The summed E-state index contributed by atoms with van der Waals surface area (Å²) >= 11 is 0. The molecule has 0 aliphatic carbocycles. The number of unbranched alkanes of at least 4 members (excludes halogenated alkanes) is 1. The maximum absolute atomic E-state index is 8.66. The summed E-state index contributed by atoms with van der Waals surface area (Å²) in [6.07, 6.45) is 2.04. The van der Waals surface area contributed by atoms with Crippen molar-refractivity contribution >= 4 is 7.82 Å². The molecule has 0 fully saturated rings. The molecule has 0 bridgehead atoms. The fraction of sp³-hybridized carbons (Fsp3) is 1.00. The minimum Gasteiger partial charge on any atom is -0.790 e. The average molecular weight is 248 g/mol. The fourth-order valence-corrected chi connectivity index (χ4v) is 0.158. The van der Waals surface area contributed by atoms with E-state index in [1.165, 1.54) is 0 Å².